The van der Waals surface area contributed by atoms with Crippen molar-refractivity contribution >= 4 is 31.7 Å². The van der Waals surface area contributed by atoms with Gasteiger partial charge in [-0.15, -0.1) is 11.3 Å². The fourth-order valence-corrected chi connectivity index (χ4v) is 3.60. The summed E-state index contributed by atoms with van der Waals surface area (Å²) in [5.41, 5.74) is 0.903. The summed E-state index contributed by atoms with van der Waals surface area (Å²) in [4.78, 5) is 16.3. The molecule has 0 saturated heterocycles. The van der Waals surface area contributed by atoms with Gasteiger partial charge in [0, 0.05) is 5.38 Å². The molecule has 6 heteroatoms. The average Bonchev–Trinajstić information content (AvgIpc) is 2.80. The van der Waals surface area contributed by atoms with Crippen LogP contribution in [0.3, 0.4) is 0 Å². The Morgan fingerprint density at radius 2 is 2.09 bits per heavy atom. The molecule has 1 rings (SSSR count). The van der Waals surface area contributed by atoms with Crippen molar-refractivity contribution < 1.29 is 14.0 Å². The molecule has 0 aliphatic carbocycles. The fourth-order valence-electron chi connectivity index (χ4n) is 1.75. The number of esters is 1. The summed E-state index contributed by atoms with van der Waals surface area (Å²) in [6, 6.07) is 0. The first-order valence-electron chi connectivity index (χ1n) is 7.99. The van der Waals surface area contributed by atoms with Gasteiger partial charge in [0.15, 0.2) is 8.32 Å². The Balaban J connectivity index is 2.88. The van der Waals surface area contributed by atoms with E-state index in [1.165, 1.54) is 0 Å². The highest BCUT2D eigenvalue weighted by Gasteiger charge is 2.39. The van der Waals surface area contributed by atoms with Gasteiger partial charge < -0.3 is 9.16 Å². The topological polar surface area (TPSA) is 48.4 Å². The second-order valence-electron chi connectivity index (χ2n) is 7.08. The summed E-state index contributed by atoms with van der Waals surface area (Å²) in [6.45, 7) is 15.1. The highest BCUT2D eigenvalue weighted by atomic mass is 32.1. The lowest BCUT2D eigenvalue weighted by Crippen LogP contribution is -2.44. The molecule has 0 bridgehead atoms. The normalized spacial score (nSPS) is 14.2. The zero-order valence-corrected chi connectivity index (χ0v) is 17.1. The van der Waals surface area contributed by atoms with Crippen LogP contribution in [0.15, 0.2) is 11.5 Å². The van der Waals surface area contributed by atoms with Crippen LogP contribution in [0.2, 0.25) is 18.1 Å². The zero-order chi connectivity index (χ0) is 17.7. The molecule has 0 unspecified atom stereocenters. The van der Waals surface area contributed by atoms with Crippen molar-refractivity contribution in [1.82, 2.24) is 4.98 Å². The Bertz CT molecular complexity index is 546. The molecule has 0 spiro atoms. The smallest absolute Gasteiger partial charge is 0.308 e. The van der Waals surface area contributed by atoms with Crippen molar-refractivity contribution in [3.05, 3.63) is 22.2 Å². The number of ether oxygens (including phenoxy) is 1. The van der Waals surface area contributed by atoms with Crippen molar-refractivity contribution in [3.8, 4) is 0 Å². The van der Waals surface area contributed by atoms with Gasteiger partial charge in [0.2, 0.25) is 0 Å². The second-order valence-corrected chi connectivity index (χ2v) is 12.9. The van der Waals surface area contributed by atoms with Crippen molar-refractivity contribution in [2.75, 3.05) is 6.61 Å². The molecule has 1 heterocycles. The number of aryl methyl sites for hydroxylation is 1. The quantitative estimate of drug-likeness (QED) is 0.520. The first kappa shape index (κ1) is 20.1. The SMILES string of the molecule is CCOC(=O)C[C@@H](/C=C/c1csc(C)n1)O[Si](C)(C)C(C)(C)C. The predicted octanol–water partition coefficient (Wildman–Crippen LogP) is 4.81. The van der Waals surface area contributed by atoms with E-state index in [0.717, 1.165) is 10.7 Å². The number of carbonyl (C=O) groups excluding carboxylic acids is 1. The number of carbonyl (C=O) groups is 1. The molecule has 0 aliphatic rings. The summed E-state index contributed by atoms with van der Waals surface area (Å²) in [7, 11) is -1.97. The van der Waals surface area contributed by atoms with Crippen LogP contribution in [0.25, 0.3) is 6.08 Å². The maximum atomic E-state index is 11.9. The maximum absolute atomic E-state index is 11.9. The molecule has 130 valence electrons. The molecule has 1 aromatic heterocycles. The molecule has 0 N–H and O–H groups in total. The van der Waals surface area contributed by atoms with Gasteiger partial charge in [-0.3, -0.25) is 4.79 Å². The summed E-state index contributed by atoms with van der Waals surface area (Å²) in [5.74, 6) is -0.227. The third-order valence-electron chi connectivity index (χ3n) is 4.04. The van der Waals surface area contributed by atoms with Gasteiger partial charge in [0.25, 0.3) is 0 Å². The van der Waals surface area contributed by atoms with E-state index in [9.17, 15) is 4.79 Å². The minimum atomic E-state index is -1.97. The monoisotopic (exact) mass is 355 g/mol. The molecule has 0 radical (unpaired) electrons. The molecule has 0 aromatic carbocycles. The lowest BCUT2D eigenvalue weighted by molar-refractivity contribution is -0.144. The highest BCUT2D eigenvalue weighted by molar-refractivity contribution is 7.09. The fraction of sp³-hybridized carbons (Fsp3) is 0.647. The molecule has 0 saturated carbocycles. The van der Waals surface area contributed by atoms with Gasteiger partial charge in [-0.25, -0.2) is 4.98 Å². The Kier molecular flexibility index (Phi) is 7.17. The highest BCUT2D eigenvalue weighted by Crippen LogP contribution is 2.37. The van der Waals surface area contributed by atoms with Gasteiger partial charge in [-0.05, 0) is 38.1 Å². The van der Waals surface area contributed by atoms with E-state index < -0.39 is 8.32 Å². The number of rotatable bonds is 7. The van der Waals surface area contributed by atoms with E-state index in [4.69, 9.17) is 9.16 Å². The molecule has 0 amide bonds. The van der Waals surface area contributed by atoms with Crippen molar-refractivity contribution in [1.29, 1.82) is 0 Å². The van der Waals surface area contributed by atoms with E-state index in [1.807, 2.05) is 31.4 Å². The molecule has 1 atom stereocenters. The third kappa shape index (κ3) is 6.57. The van der Waals surface area contributed by atoms with Crippen LogP contribution in [-0.2, 0) is 14.0 Å². The molecular weight excluding hydrogens is 326 g/mol. The second kappa shape index (κ2) is 8.21. The molecule has 0 aliphatic heterocycles. The minimum Gasteiger partial charge on any atom is -0.466 e. The Morgan fingerprint density at radius 3 is 2.57 bits per heavy atom. The number of nitrogens with zero attached hydrogens (tertiary/aromatic N) is 1. The Hall–Kier alpha value is -0.983. The van der Waals surface area contributed by atoms with Crippen molar-refractivity contribution in [2.24, 2.45) is 0 Å². The van der Waals surface area contributed by atoms with Crippen LogP contribution in [-0.4, -0.2) is 32.0 Å². The molecule has 4 nitrogen and oxygen atoms in total. The molecular formula is C17H29NO3SSi. The average molecular weight is 356 g/mol. The lowest BCUT2D eigenvalue weighted by Gasteiger charge is -2.38. The summed E-state index contributed by atoms with van der Waals surface area (Å²) in [5, 5.41) is 3.11. The van der Waals surface area contributed by atoms with Crippen LogP contribution in [0.5, 0.6) is 0 Å². The molecule has 1 aromatic rings. The first-order valence-corrected chi connectivity index (χ1v) is 11.8. The third-order valence-corrected chi connectivity index (χ3v) is 9.34. The van der Waals surface area contributed by atoms with E-state index in [2.05, 4.69) is 38.8 Å². The van der Waals surface area contributed by atoms with Gasteiger partial charge >= 0.3 is 5.97 Å². The van der Waals surface area contributed by atoms with Crippen molar-refractivity contribution in [3.63, 3.8) is 0 Å². The van der Waals surface area contributed by atoms with E-state index >= 15 is 0 Å². The first-order chi connectivity index (χ1) is 10.5. The number of hydrogen-bond donors (Lipinski definition) is 0. The summed E-state index contributed by atoms with van der Waals surface area (Å²) < 4.78 is 11.5. The van der Waals surface area contributed by atoms with Crippen LogP contribution in [0.1, 0.15) is 44.8 Å². The Labute approximate surface area is 145 Å². The lowest BCUT2D eigenvalue weighted by atomic mass is 10.2. The van der Waals surface area contributed by atoms with Gasteiger partial charge in [-0.2, -0.15) is 0 Å². The van der Waals surface area contributed by atoms with Gasteiger partial charge in [-0.1, -0.05) is 26.8 Å². The van der Waals surface area contributed by atoms with E-state index in [1.54, 1.807) is 11.3 Å². The molecule has 0 fully saturated rings. The zero-order valence-electron chi connectivity index (χ0n) is 15.3. The predicted molar refractivity (Wildman–Crippen MR) is 99.2 cm³/mol. The number of hydrogen-bond acceptors (Lipinski definition) is 5. The van der Waals surface area contributed by atoms with E-state index in [0.29, 0.717) is 6.61 Å². The number of thiazole rings is 1. The number of aromatic nitrogens is 1. The van der Waals surface area contributed by atoms with Crippen LogP contribution in [0.4, 0.5) is 0 Å². The standard InChI is InChI=1S/C17H29NO3SSi/c1-8-20-16(19)11-15(21-23(6,7)17(3,4)5)10-9-14-12-22-13(2)18-14/h9-10,12,15H,8,11H2,1-7H3/b10-9+/t15-/m1/s1. The van der Waals surface area contributed by atoms with Crippen LogP contribution >= 0.6 is 11.3 Å². The summed E-state index contributed by atoms with van der Waals surface area (Å²) >= 11 is 1.61. The van der Waals surface area contributed by atoms with Crippen LogP contribution < -0.4 is 0 Å². The minimum absolute atomic E-state index is 0.0883. The van der Waals surface area contributed by atoms with Gasteiger partial charge in [0.05, 0.1) is 29.8 Å². The summed E-state index contributed by atoms with van der Waals surface area (Å²) in [6.07, 6.45) is 3.82. The maximum Gasteiger partial charge on any atom is 0.308 e. The van der Waals surface area contributed by atoms with Crippen LogP contribution in [0, 0.1) is 6.92 Å². The van der Waals surface area contributed by atoms with E-state index in [-0.39, 0.29) is 23.5 Å². The van der Waals surface area contributed by atoms with Gasteiger partial charge in [0.1, 0.15) is 0 Å². The molecule has 23 heavy (non-hydrogen) atoms. The largest absolute Gasteiger partial charge is 0.466 e. The Morgan fingerprint density at radius 1 is 1.43 bits per heavy atom. The van der Waals surface area contributed by atoms with Crippen molar-refractivity contribution in [2.45, 2.75) is 65.3 Å².